The Bertz CT molecular complexity index is 706. The zero-order valence-corrected chi connectivity index (χ0v) is 13.2. The van der Waals surface area contributed by atoms with E-state index in [9.17, 15) is 9.59 Å². The number of para-hydroxylation sites is 1. The second kappa shape index (κ2) is 6.69. The summed E-state index contributed by atoms with van der Waals surface area (Å²) in [6.07, 6.45) is 1.49. The fourth-order valence-corrected chi connectivity index (χ4v) is 2.17. The molecule has 0 fully saturated rings. The molecule has 0 atom stereocenters. The summed E-state index contributed by atoms with van der Waals surface area (Å²) in [6, 6.07) is 8.08. The molecule has 0 bridgehead atoms. The van der Waals surface area contributed by atoms with Crippen LogP contribution in [-0.2, 0) is 4.74 Å². The lowest BCUT2D eigenvalue weighted by molar-refractivity contribution is 0.0602. The molecule has 108 valence electrons. The number of rotatable bonds is 3. The van der Waals surface area contributed by atoms with Crippen molar-refractivity contribution >= 4 is 45.1 Å². The number of hydrogen-bond donors (Lipinski definition) is 1. The van der Waals surface area contributed by atoms with E-state index in [2.05, 4.69) is 31.0 Å². The first kappa shape index (κ1) is 15.5. The Morgan fingerprint density at radius 2 is 2.00 bits per heavy atom. The topological polar surface area (TPSA) is 68.3 Å². The van der Waals surface area contributed by atoms with Gasteiger partial charge >= 0.3 is 5.97 Å². The van der Waals surface area contributed by atoms with Crippen molar-refractivity contribution in [2.24, 2.45) is 0 Å². The third-order valence-corrected chi connectivity index (χ3v) is 3.37. The van der Waals surface area contributed by atoms with Gasteiger partial charge in [0.25, 0.3) is 5.91 Å². The number of esters is 1. The molecule has 0 unspecified atom stereocenters. The van der Waals surface area contributed by atoms with Crippen molar-refractivity contribution in [1.82, 2.24) is 4.98 Å². The average Bonchev–Trinajstić information content (AvgIpc) is 2.49. The first-order chi connectivity index (χ1) is 10.0. The number of hydrogen-bond acceptors (Lipinski definition) is 4. The van der Waals surface area contributed by atoms with Gasteiger partial charge in [-0.05, 0) is 34.1 Å². The van der Waals surface area contributed by atoms with Crippen LogP contribution in [0.3, 0.4) is 0 Å². The van der Waals surface area contributed by atoms with E-state index in [0.29, 0.717) is 10.2 Å². The second-order valence-electron chi connectivity index (χ2n) is 3.98. The van der Waals surface area contributed by atoms with Gasteiger partial charge in [-0.2, -0.15) is 0 Å². The summed E-state index contributed by atoms with van der Waals surface area (Å²) in [5.41, 5.74) is 0.795. The van der Waals surface area contributed by atoms with Crippen molar-refractivity contribution in [3.05, 3.63) is 57.3 Å². The molecule has 7 heteroatoms. The summed E-state index contributed by atoms with van der Waals surface area (Å²) < 4.78 is 5.29. The van der Waals surface area contributed by atoms with E-state index in [0.717, 1.165) is 0 Å². The molecule has 1 heterocycles. The van der Waals surface area contributed by atoms with Crippen molar-refractivity contribution in [1.29, 1.82) is 0 Å². The molecule has 0 radical (unpaired) electrons. The van der Waals surface area contributed by atoms with Crippen molar-refractivity contribution in [3.8, 4) is 0 Å². The molecule has 0 saturated heterocycles. The summed E-state index contributed by atoms with van der Waals surface area (Å²) in [4.78, 5) is 27.8. The van der Waals surface area contributed by atoms with Crippen LogP contribution in [0.1, 0.15) is 20.7 Å². The van der Waals surface area contributed by atoms with Crippen molar-refractivity contribution in [3.63, 3.8) is 0 Å². The number of pyridine rings is 1. The first-order valence-corrected chi connectivity index (χ1v) is 6.99. The second-order valence-corrected chi connectivity index (χ2v) is 5.26. The molecule has 0 aliphatic carbocycles. The molecule has 1 aromatic heterocycles. The Morgan fingerprint density at radius 1 is 1.29 bits per heavy atom. The van der Waals surface area contributed by atoms with E-state index in [4.69, 9.17) is 11.6 Å². The molecule has 2 rings (SSSR count). The standard InChI is InChI=1S/C14H10BrClN2O3/c1-21-14(20)9-4-2-3-5-11(9)18-13(19)10-6-8(15)7-17-12(10)16/h2-7H,1H3,(H,18,19). The third-order valence-electron chi connectivity index (χ3n) is 2.63. The van der Waals surface area contributed by atoms with Crippen molar-refractivity contribution < 1.29 is 14.3 Å². The Balaban J connectivity index is 2.32. The van der Waals surface area contributed by atoms with Gasteiger partial charge in [-0.25, -0.2) is 9.78 Å². The molecule has 2 aromatic rings. The number of aromatic nitrogens is 1. The molecule has 1 amide bonds. The SMILES string of the molecule is COC(=O)c1ccccc1NC(=O)c1cc(Br)cnc1Cl. The lowest BCUT2D eigenvalue weighted by Crippen LogP contribution is -2.16. The molecule has 0 spiro atoms. The van der Waals surface area contributed by atoms with Crippen LogP contribution < -0.4 is 5.32 Å². The van der Waals surface area contributed by atoms with Gasteiger partial charge < -0.3 is 10.1 Å². The van der Waals surface area contributed by atoms with Crippen LogP contribution in [0.15, 0.2) is 41.0 Å². The Labute approximate surface area is 134 Å². The summed E-state index contributed by atoms with van der Waals surface area (Å²) in [7, 11) is 1.27. The summed E-state index contributed by atoms with van der Waals surface area (Å²) >= 11 is 9.13. The molecule has 0 aliphatic heterocycles. The normalized spacial score (nSPS) is 10.0. The highest BCUT2D eigenvalue weighted by molar-refractivity contribution is 9.10. The minimum Gasteiger partial charge on any atom is -0.465 e. The average molecular weight is 370 g/mol. The van der Waals surface area contributed by atoms with E-state index < -0.39 is 11.9 Å². The number of ether oxygens (including phenoxy) is 1. The van der Waals surface area contributed by atoms with E-state index >= 15 is 0 Å². The number of benzene rings is 1. The van der Waals surface area contributed by atoms with Crippen molar-refractivity contribution in [2.45, 2.75) is 0 Å². The number of nitrogens with one attached hydrogen (secondary N) is 1. The largest absolute Gasteiger partial charge is 0.465 e. The summed E-state index contributed by atoms with van der Waals surface area (Å²) in [6.45, 7) is 0. The molecular weight excluding hydrogens is 360 g/mol. The molecule has 1 N–H and O–H groups in total. The fraction of sp³-hybridized carbons (Fsp3) is 0.0714. The summed E-state index contributed by atoms with van der Waals surface area (Å²) in [5.74, 6) is -1.01. The van der Waals surface area contributed by atoms with Crippen LogP contribution in [0.25, 0.3) is 0 Å². The predicted molar refractivity (Wildman–Crippen MR) is 82.7 cm³/mol. The van der Waals surface area contributed by atoms with Gasteiger partial charge in [0, 0.05) is 10.7 Å². The minimum atomic E-state index is -0.538. The number of anilines is 1. The van der Waals surface area contributed by atoms with Crippen LogP contribution in [0.4, 0.5) is 5.69 Å². The highest BCUT2D eigenvalue weighted by atomic mass is 79.9. The van der Waals surface area contributed by atoms with Gasteiger partial charge in [0.2, 0.25) is 0 Å². The quantitative estimate of drug-likeness (QED) is 0.664. The van der Waals surface area contributed by atoms with Crippen LogP contribution in [0.2, 0.25) is 5.15 Å². The van der Waals surface area contributed by atoms with Crippen LogP contribution >= 0.6 is 27.5 Å². The van der Waals surface area contributed by atoms with Crippen LogP contribution in [0.5, 0.6) is 0 Å². The predicted octanol–water partition coefficient (Wildman–Crippen LogP) is 3.54. The number of amides is 1. The van der Waals surface area contributed by atoms with Crippen molar-refractivity contribution in [2.75, 3.05) is 12.4 Å². The zero-order valence-electron chi connectivity index (χ0n) is 10.9. The van der Waals surface area contributed by atoms with Gasteiger partial charge in [-0.3, -0.25) is 4.79 Å². The lowest BCUT2D eigenvalue weighted by atomic mass is 10.1. The van der Waals surface area contributed by atoms with Gasteiger partial charge in [0.15, 0.2) is 0 Å². The summed E-state index contributed by atoms with van der Waals surface area (Å²) in [5, 5.41) is 2.70. The van der Waals surface area contributed by atoms with Gasteiger partial charge in [0.1, 0.15) is 5.15 Å². The fourth-order valence-electron chi connectivity index (χ4n) is 1.65. The molecule has 0 aliphatic rings. The monoisotopic (exact) mass is 368 g/mol. The van der Waals surface area contributed by atoms with Gasteiger partial charge in [0.05, 0.1) is 23.9 Å². The van der Waals surface area contributed by atoms with E-state index in [1.807, 2.05) is 0 Å². The third kappa shape index (κ3) is 3.59. The number of carbonyl (C=O) groups excluding carboxylic acids is 2. The number of nitrogens with zero attached hydrogens (tertiary/aromatic N) is 1. The number of halogens is 2. The molecule has 21 heavy (non-hydrogen) atoms. The van der Waals surface area contributed by atoms with Crippen LogP contribution in [-0.4, -0.2) is 24.0 Å². The van der Waals surface area contributed by atoms with Gasteiger partial charge in [-0.1, -0.05) is 23.7 Å². The number of carbonyl (C=O) groups is 2. The maximum absolute atomic E-state index is 12.2. The number of methoxy groups -OCH3 is 1. The highest BCUT2D eigenvalue weighted by Gasteiger charge is 2.16. The zero-order chi connectivity index (χ0) is 15.4. The van der Waals surface area contributed by atoms with Gasteiger partial charge in [-0.15, -0.1) is 0 Å². The molecular formula is C14H10BrClN2O3. The Kier molecular flexibility index (Phi) is 4.93. The minimum absolute atomic E-state index is 0.0752. The highest BCUT2D eigenvalue weighted by Crippen LogP contribution is 2.21. The molecule has 5 nitrogen and oxygen atoms in total. The first-order valence-electron chi connectivity index (χ1n) is 5.82. The molecule has 1 aromatic carbocycles. The lowest BCUT2D eigenvalue weighted by Gasteiger charge is -2.10. The smallest absolute Gasteiger partial charge is 0.339 e. The Hall–Kier alpha value is -1.92. The van der Waals surface area contributed by atoms with E-state index in [-0.39, 0.29) is 16.3 Å². The van der Waals surface area contributed by atoms with E-state index in [1.54, 1.807) is 30.3 Å². The van der Waals surface area contributed by atoms with Crippen LogP contribution in [0, 0.1) is 0 Å². The van der Waals surface area contributed by atoms with E-state index in [1.165, 1.54) is 13.3 Å². The Morgan fingerprint density at radius 3 is 2.71 bits per heavy atom. The maximum Gasteiger partial charge on any atom is 0.339 e. The maximum atomic E-state index is 12.2. The molecule has 0 saturated carbocycles.